The molecule has 7 heteroatoms. The van der Waals surface area contributed by atoms with Crippen molar-refractivity contribution in [1.29, 1.82) is 0 Å². The molecule has 0 bridgehead atoms. The summed E-state index contributed by atoms with van der Waals surface area (Å²) in [7, 11) is 0. The Morgan fingerprint density at radius 2 is 1.92 bits per heavy atom. The molecule has 1 spiro atoms. The van der Waals surface area contributed by atoms with E-state index >= 15 is 0 Å². The van der Waals surface area contributed by atoms with Crippen LogP contribution in [0.25, 0.3) is 0 Å². The van der Waals surface area contributed by atoms with Crippen LogP contribution in [0.2, 0.25) is 0 Å². The summed E-state index contributed by atoms with van der Waals surface area (Å²) in [4.78, 5) is 25.0. The molecule has 136 valence electrons. The van der Waals surface area contributed by atoms with Crippen LogP contribution in [0, 0.1) is 5.41 Å². The summed E-state index contributed by atoms with van der Waals surface area (Å²) >= 11 is 0. The van der Waals surface area contributed by atoms with Crippen molar-refractivity contribution in [3.05, 3.63) is 33.2 Å². The van der Waals surface area contributed by atoms with Crippen LogP contribution in [0.15, 0.2) is 10.9 Å². The second-order valence-corrected chi connectivity index (χ2v) is 7.91. The Kier molecular flexibility index (Phi) is 3.45. The molecule has 1 unspecified atom stereocenters. The Labute approximate surface area is 145 Å². The van der Waals surface area contributed by atoms with Crippen LogP contribution in [0.4, 0.5) is 0 Å². The molecule has 25 heavy (non-hydrogen) atoms. The van der Waals surface area contributed by atoms with Gasteiger partial charge in [-0.2, -0.15) is 0 Å². The minimum absolute atomic E-state index is 0.0961. The van der Waals surface area contributed by atoms with Gasteiger partial charge in [0.05, 0.1) is 24.5 Å². The summed E-state index contributed by atoms with van der Waals surface area (Å²) in [6, 6.07) is 1.70. The van der Waals surface area contributed by atoms with E-state index in [4.69, 9.17) is 14.2 Å². The normalized spacial score (nSPS) is 29.2. The van der Waals surface area contributed by atoms with Gasteiger partial charge in [0.2, 0.25) is 5.79 Å². The third-order valence-electron chi connectivity index (χ3n) is 5.49. The number of ether oxygens (including phenoxy) is 3. The monoisotopic (exact) mass is 349 g/mol. The molecular weight excluding hydrogens is 326 g/mol. The average Bonchev–Trinajstić information content (AvgIpc) is 2.94. The largest absolute Gasteiger partial charge is 0.458 e. The lowest BCUT2D eigenvalue weighted by Crippen LogP contribution is -2.47. The fourth-order valence-corrected chi connectivity index (χ4v) is 3.82. The van der Waals surface area contributed by atoms with E-state index in [0.717, 1.165) is 0 Å². The molecule has 7 nitrogen and oxygen atoms in total. The molecule has 1 saturated heterocycles. The van der Waals surface area contributed by atoms with Crippen molar-refractivity contribution in [2.75, 3.05) is 13.2 Å². The quantitative estimate of drug-likeness (QED) is 0.765. The molecule has 1 N–H and O–H groups in total. The second kappa shape index (κ2) is 5.16. The lowest BCUT2D eigenvalue weighted by atomic mass is 9.85. The molecule has 0 saturated carbocycles. The highest BCUT2D eigenvalue weighted by Gasteiger charge is 2.51. The summed E-state index contributed by atoms with van der Waals surface area (Å²) in [5.74, 6) is -1.70. The molecule has 1 fully saturated rings. The zero-order valence-corrected chi connectivity index (χ0v) is 14.8. The Morgan fingerprint density at radius 3 is 2.56 bits per heavy atom. The van der Waals surface area contributed by atoms with E-state index in [0.29, 0.717) is 43.0 Å². The zero-order chi connectivity index (χ0) is 18.0. The summed E-state index contributed by atoms with van der Waals surface area (Å²) in [5.41, 5.74) is -0.919. The van der Waals surface area contributed by atoms with E-state index in [1.165, 1.54) is 0 Å². The fourth-order valence-electron chi connectivity index (χ4n) is 3.82. The molecule has 0 amide bonds. The molecule has 3 aliphatic rings. The number of esters is 1. The van der Waals surface area contributed by atoms with E-state index in [2.05, 4.69) is 13.8 Å². The fraction of sp³-hybridized carbons (Fsp3) is 0.667. The van der Waals surface area contributed by atoms with Crippen LogP contribution >= 0.6 is 0 Å². The third kappa shape index (κ3) is 2.22. The number of aromatic nitrogens is 1. The van der Waals surface area contributed by atoms with Gasteiger partial charge >= 0.3 is 5.97 Å². The number of hydrogen-bond acceptors (Lipinski definition) is 6. The van der Waals surface area contributed by atoms with Gasteiger partial charge in [0.1, 0.15) is 6.61 Å². The Bertz CT molecular complexity index is 801. The predicted octanol–water partition coefficient (Wildman–Crippen LogP) is 1.13. The van der Waals surface area contributed by atoms with E-state index in [-0.39, 0.29) is 24.0 Å². The van der Waals surface area contributed by atoms with Gasteiger partial charge in [-0.25, -0.2) is 4.79 Å². The molecule has 4 heterocycles. The number of aliphatic hydroxyl groups is 1. The van der Waals surface area contributed by atoms with Gasteiger partial charge in [0, 0.05) is 23.9 Å². The van der Waals surface area contributed by atoms with Gasteiger partial charge in [-0.15, -0.1) is 0 Å². The molecule has 3 aliphatic heterocycles. The van der Waals surface area contributed by atoms with Gasteiger partial charge in [-0.1, -0.05) is 20.8 Å². The van der Waals surface area contributed by atoms with Crippen molar-refractivity contribution in [3.63, 3.8) is 0 Å². The van der Waals surface area contributed by atoms with Crippen molar-refractivity contribution in [2.45, 2.75) is 58.2 Å². The average molecular weight is 349 g/mol. The highest BCUT2D eigenvalue weighted by Crippen LogP contribution is 2.44. The number of hydrogen-bond donors (Lipinski definition) is 1. The molecule has 1 atom stereocenters. The predicted molar refractivity (Wildman–Crippen MR) is 86.7 cm³/mol. The van der Waals surface area contributed by atoms with Gasteiger partial charge < -0.3 is 23.9 Å². The van der Waals surface area contributed by atoms with Crippen LogP contribution in [0.3, 0.4) is 0 Å². The van der Waals surface area contributed by atoms with Crippen LogP contribution in [-0.2, 0) is 43.5 Å². The number of cyclic esters (lactones) is 1. The van der Waals surface area contributed by atoms with E-state index in [9.17, 15) is 14.7 Å². The number of carbonyl (C=O) groups is 1. The molecule has 0 radical (unpaired) electrons. The molecule has 0 aromatic carbocycles. The molecular formula is C18H23NO6. The lowest BCUT2D eigenvalue weighted by Gasteiger charge is -2.41. The summed E-state index contributed by atoms with van der Waals surface area (Å²) in [6.45, 7) is 7.18. The Morgan fingerprint density at radius 1 is 1.24 bits per heavy atom. The number of pyridine rings is 1. The smallest absolute Gasteiger partial charge is 0.343 e. The highest BCUT2D eigenvalue weighted by molar-refractivity contribution is 5.83. The van der Waals surface area contributed by atoms with Gasteiger partial charge in [0.25, 0.3) is 5.56 Å². The zero-order valence-electron chi connectivity index (χ0n) is 14.8. The summed E-state index contributed by atoms with van der Waals surface area (Å²) < 4.78 is 18.8. The first kappa shape index (κ1) is 16.8. The van der Waals surface area contributed by atoms with Crippen LogP contribution < -0.4 is 5.56 Å². The van der Waals surface area contributed by atoms with Crippen LogP contribution in [-0.4, -0.2) is 28.9 Å². The van der Waals surface area contributed by atoms with Crippen molar-refractivity contribution >= 4 is 5.97 Å². The van der Waals surface area contributed by atoms with E-state index in [1.807, 2.05) is 0 Å². The second-order valence-electron chi connectivity index (χ2n) is 7.91. The molecule has 1 aromatic heterocycles. The maximum absolute atomic E-state index is 12.9. The van der Waals surface area contributed by atoms with Crippen molar-refractivity contribution in [3.8, 4) is 0 Å². The maximum atomic E-state index is 12.9. The third-order valence-corrected chi connectivity index (χ3v) is 5.49. The Balaban J connectivity index is 1.87. The lowest BCUT2D eigenvalue weighted by molar-refractivity contribution is -0.306. The first-order valence-electron chi connectivity index (χ1n) is 8.68. The van der Waals surface area contributed by atoms with Gasteiger partial charge in [-0.3, -0.25) is 4.79 Å². The number of nitrogens with zero attached hydrogens (tertiary/aromatic N) is 1. The van der Waals surface area contributed by atoms with Gasteiger partial charge in [-0.05, 0) is 12.5 Å². The van der Waals surface area contributed by atoms with Crippen LogP contribution in [0.1, 0.15) is 50.4 Å². The van der Waals surface area contributed by atoms with E-state index in [1.54, 1.807) is 17.6 Å². The Hall–Kier alpha value is -1.70. The van der Waals surface area contributed by atoms with Crippen molar-refractivity contribution in [2.24, 2.45) is 5.41 Å². The summed E-state index contributed by atoms with van der Waals surface area (Å²) in [6.07, 6.45) is 0.657. The SMILES string of the molecule is CCC1(O)C(=O)OCc2c1cc1n(c2=O)CCC12OCC(C)(C)CO2. The van der Waals surface area contributed by atoms with Crippen molar-refractivity contribution < 1.29 is 24.1 Å². The molecule has 1 aromatic rings. The topological polar surface area (TPSA) is 87.0 Å². The van der Waals surface area contributed by atoms with Crippen LogP contribution in [0.5, 0.6) is 0 Å². The minimum Gasteiger partial charge on any atom is -0.458 e. The summed E-state index contributed by atoms with van der Waals surface area (Å²) in [5, 5.41) is 10.8. The molecule has 4 rings (SSSR count). The first-order valence-corrected chi connectivity index (χ1v) is 8.68. The number of fused-ring (bicyclic) bond motifs is 3. The molecule has 0 aliphatic carbocycles. The maximum Gasteiger partial charge on any atom is 0.343 e. The van der Waals surface area contributed by atoms with E-state index < -0.39 is 17.4 Å². The van der Waals surface area contributed by atoms with Gasteiger partial charge in [0.15, 0.2) is 5.60 Å². The number of carbonyl (C=O) groups excluding carboxylic acids is 1. The number of rotatable bonds is 1. The standard InChI is InChI=1S/C18H23NO6/c1-4-17(22)12-7-13-18(24-9-16(2,3)10-25-18)5-6-19(13)14(20)11(12)8-23-15(17)21/h7,22H,4-6,8-10H2,1-3H3. The van der Waals surface area contributed by atoms with Crippen molar-refractivity contribution in [1.82, 2.24) is 4.57 Å². The first-order chi connectivity index (χ1) is 11.7. The minimum atomic E-state index is -1.81. The highest BCUT2D eigenvalue weighted by atomic mass is 16.7.